The molecular formula is C13H18O4S. The van der Waals surface area contributed by atoms with Gasteiger partial charge in [-0.2, -0.15) is 8.42 Å². The maximum atomic E-state index is 11.9. The summed E-state index contributed by atoms with van der Waals surface area (Å²) < 4.78 is 34.3. The Morgan fingerprint density at radius 2 is 1.94 bits per heavy atom. The van der Waals surface area contributed by atoms with Crippen LogP contribution in [-0.4, -0.2) is 26.7 Å². The SMILES string of the molecule is CC[C@H]1O[C@]1(C)COS(=O)(=O)c1ccc(C)cc1. The standard InChI is InChI=1S/C13H18O4S/c1-4-12-13(3,17-12)9-16-18(14,15)11-7-5-10(2)6-8-11/h5-8,12H,4,9H2,1-3H3/t12-,13-/m1/s1. The normalized spacial score (nSPS) is 27.2. The third kappa shape index (κ3) is 2.74. The summed E-state index contributed by atoms with van der Waals surface area (Å²) in [6, 6.07) is 6.61. The number of hydrogen-bond donors (Lipinski definition) is 0. The van der Waals surface area contributed by atoms with E-state index in [2.05, 4.69) is 0 Å². The molecule has 0 spiro atoms. The van der Waals surface area contributed by atoms with Gasteiger partial charge in [-0.15, -0.1) is 0 Å². The average Bonchev–Trinajstić information content (AvgIpc) is 3.00. The Morgan fingerprint density at radius 3 is 2.44 bits per heavy atom. The quantitative estimate of drug-likeness (QED) is 0.608. The van der Waals surface area contributed by atoms with Gasteiger partial charge in [0.25, 0.3) is 10.1 Å². The molecule has 0 saturated carbocycles. The molecule has 1 saturated heterocycles. The van der Waals surface area contributed by atoms with Gasteiger partial charge in [0, 0.05) is 0 Å². The van der Waals surface area contributed by atoms with Crippen molar-refractivity contribution >= 4 is 10.1 Å². The molecule has 18 heavy (non-hydrogen) atoms. The average molecular weight is 270 g/mol. The van der Waals surface area contributed by atoms with Gasteiger partial charge in [-0.1, -0.05) is 24.6 Å². The highest BCUT2D eigenvalue weighted by Gasteiger charge is 2.52. The monoisotopic (exact) mass is 270 g/mol. The molecule has 1 aromatic carbocycles. The zero-order valence-corrected chi connectivity index (χ0v) is 11.7. The van der Waals surface area contributed by atoms with Crippen LogP contribution < -0.4 is 0 Å². The van der Waals surface area contributed by atoms with E-state index < -0.39 is 15.7 Å². The minimum absolute atomic E-state index is 0.0711. The topological polar surface area (TPSA) is 55.9 Å². The Labute approximate surface area is 108 Å². The number of aryl methyl sites for hydroxylation is 1. The lowest BCUT2D eigenvalue weighted by molar-refractivity contribution is 0.205. The van der Waals surface area contributed by atoms with Gasteiger partial charge in [-0.05, 0) is 32.4 Å². The Balaban J connectivity index is 2.02. The Hall–Kier alpha value is -0.910. The fourth-order valence-corrected chi connectivity index (χ4v) is 2.90. The van der Waals surface area contributed by atoms with E-state index in [1.54, 1.807) is 24.3 Å². The molecule has 0 bridgehead atoms. The van der Waals surface area contributed by atoms with Gasteiger partial charge in [-0.3, -0.25) is 4.18 Å². The van der Waals surface area contributed by atoms with E-state index in [0.29, 0.717) is 0 Å². The fourth-order valence-electron chi connectivity index (χ4n) is 1.90. The first kappa shape index (κ1) is 13.5. The molecule has 0 unspecified atom stereocenters. The van der Waals surface area contributed by atoms with E-state index in [1.807, 2.05) is 20.8 Å². The Bertz CT molecular complexity index is 520. The third-order valence-electron chi connectivity index (χ3n) is 3.22. The molecule has 0 N–H and O–H groups in total. The van der Waals surface area contributed by atoms with Crippen LogP contribution in [0.5, 0.6) is 0 Å². The molecule has 0 radical (unpaired) electrons. The maximum absolute atomic E-state index is 11.9. The van der Waals surface area contributed by atoms with Crippen molar-refractivity contribution in [1.82, 2.24) is 0 Å². The van der Waals surface area contributed by atoms with Gasteiger partial charge in [-0.25, -0.2) is 0 Å². The van der Waals surface area contributed by atoms with Gasteiger partial charge < -0.3 is 4.74 Å². The predicted molar refractivity (Wildman–Crippen MR) is 67.9 cm³/mol. The van der Waals surface area contributed by atoms with Crippen LogP contribution in [0.1, 0.15) is 25.8 Å². The van der Waals surface area contributed by atoms with Crippen molar-refractivity contribution in [2.75, 3.05) is 6.61 Å². The van der Waals surface area contributed by atoms with Crippen molar-refractivity contribution in [3.63, 3.8) is 0 Å². The molecule has 100 valence electrons. The van der Waals surface area contributed by atoms with Gasteiger partial charge in [0.2, 0.25) is 0 Å². The van der Waals surface area contributed by atoms with Crippen LogP contribution in [0, 0.1) is 6.92 Å². The minimum Gasteiger partial charge on any atom is -0.364 e. The first-order valence-corrected chi connectivity index (χ1v) is 7.42. The number of benzene rings is 1. The summed E-state index contributed by atoms with van der Waals surface area (Å²) in [4.78, 5) is 0.186. The lowest BCUT2D eigenvalue weighted by Crippen LogP contribution is -2.21. The van der Waals surface area contributed by atoms with Crippen molar-refractivity contribution < 1.29 is 17.3 Å². The van der Waals surface area contributed by atoms with E-state index in [1.165, 1.54) is 0 Å². The third-order valence-corrected chi connectivity index (χ3v) is 4.49. The first-order chi connectivity index (χ1) is 8.37. The van der Waals surface area contributed by atoms with E-state index in [-0.39, 0.29) is 17.6 Å². The number of hydrogen-bond acceptors (Lipinski definition) is 4. The zero-order valence-electron chi connectivity index (χ0n) is 10.8. The van der Waals surface area contributed by atoms with Crippen molar-refractivity contribution in [1.29, 1.82) is 0 Å². The predicted octanol–water partition coefficient (Wildman–Crippen LogP) is 2.27. The molecule has 1 aliphatic rings. The Morgan fingerprint density at radius 1 is 1.33 bits per heavy atom. The van der Waals surface area contributed by atoms with Crippen LogP contribution >= 0.6 is 0 Å². The van der Waals surface area contributed by atoms with E-state index in [0.717, 1.165) is 12.0 Å². The van der Waals surface area contributed by atoms with Crippen molar-refractivity contribution in [2.24, 2.45) is 0 Å². The summed E-state index contributed by atoms with van der Waals surface area (Å²) >= 11 is 0. The van der Waals surface area contributed by atoms with E-state index in [9.17, 15) is 8.42 Å². The Kier molecular flexibility index (Phi) is 3.49. The maximum Gasteiger partial charge on any atom is 0.297 e. The molecule has 1 aliphatic heterocycles. The van der Waals surface area contributed by atoms with Crippen molar-refractivity contribution in [2.45, 2.75) is 43.8 Å². The highest BCUT2D eigenvalue weighted by molar-refractivity contribution is 7.86. The van der Waals surface area contributed by atoms with Crippen molar-refractivity contribution in [3.8, 4) is 0 Å². The number of epoxide rings is 1. The molecule has 1 aromatic rings. The summed E-state index contributed by atoms with van der Waals surface area (Å²) in [6.45, 7) is 5.85. The van der Waals surface area contributed by atoms with Crippen LogP contribution in [0.25, 0.3) is 0 Å². The summed E-state index contributed by atoms with van der Waals surface area (Å²) in [5.41, 5.74) is 0.560. The van der Waals surface area contributed by atoms with E-state index in [4.69, 9.17) is 8.92 Å². The second-order valence-electron chi connectivity index (χ2n) is 4.86. The number of rotatable bonds is 5. The lowest BCUT2D eigenvalue weighted by Gasteiger charge is -2.08. The summed E-state index contributed by atoms with van der Waals surface area (Å²) in [7, 11) is -3.68. The van der Waals surface area contributed by atoms with E-state index >= 15 is 0 Å². The molecule has 2 atom stereocenters. The smallest absolute Gasteiger partial charge is 0.297 e. The molecule has 1 heterocycles. The van der Waals surface area contributed by atoms with Crippen LogP contribution in [0.3, 0.4) is 0 Å². The van der Waals surface area contributed by atoms with Gasteiger partial charge in [0.1, 0.15) is 5.60 Å². The fraction of sp³-hybridized carbons (Fsp3) is 0.538. The molecule has 0 amide bonds. The second-order valence-corrected chi connectivity index (χ2v) is 6.47. The first-order valence-electron chi connectivity index (χ1n) is 6.01. The molecule has 5 heteroatoms. The minimum atomic E-state index is -3.68. The van der Waals surface area contributed by atoms with Crippen LogP contribution in [0.4, 0.5) is 0 Å². The summed E-state index contributed by atoms with van der Waals surface area (Å²) in [5.74, 6) is 0. The molecule has 0 aromatic heterocycles. The number of ether oxygens (including phenoxy) is 1. The second kappa shape index (κ2) is 4.64. The summed E-state index contributed by atoms with van der Waals surface area (Å²) in [5, 5.41) is 0. The van der Waals surface area contributed by atoms with Gasteiger partial charge in [0.15, 0.2) is 0 Å². The molecule has 2 rings (SSSR count). The molecular weight excluding hydrogens is 252 g/mol. The van der Waals surface area contributed by atoms with Crippen LogP contribution in [0.15, 0.2) is 29.2 Å². The largest absolute Gasteiger partial charge is 0.364 e. The lowest BCUT2D eigenvalue weighted by atomic mass is 10.1. The van der Waals surface area contributed by atoms with Gasteiger partial charge >= 0.3 is 0 Å². The molecule has 1 fully saturated rings. The molecule has 4 nitrogen and oxygen atoms in total. The highest BCUT2D eigenvalue weighted by atomic mass is 32.2. The van der Waals surface area contributed by atoms with Gasteiger partial charge in [0.05, 0.1) is 17.6 Å². The van der Waals surface area contributed by atoms with Crippen molar-refractivity contribution in [3.05, 3.63) is 29.8 Å². The van der Waals surface area contributed by atoms with Crippen LogP contribution in [-0.2, 0) is 19.0 Å². The molecule has 0 aliphatic carbocycles. The summed E-state index contributed by atoms with van der Waals surface area (Å²) in [6.07, 6.45) is 0.968. The highest BCUT2D eigenvalue weighted by Crippen LogP contribution is 2.39. The van der Waals surface area contributed by atoms with Crippen LogP contribution in [0.2, 0.25) is 0 Å². The zero-order chi connectivity index (χ0) is 13.4.